The summed E-state index contributed by atoms with van der Waals surface area (Å²) in [5, 5.41) is 12.6. The number of rotatable bonds is 6. The molecule has 1 amide bonds. The van der Waals surface area contributed by atoms with Gasteiger partial charge in [0.1, 0.15) is 15.4 Å². The van der Waals surface area contributed by atoms with Crippen molar-refractivity contribution < 1.29 is 14.3 Å². The number of ether oxygens (including phenoxy) is 1. The number of thiazole rings is 1. The van der Waals surface area contributed by atoms with Crippen LogP contribution in [0.15, 0.2) is 30.3 Å². The molecule has 0 aliphatic heterocycles. The van der Waals surface area contributed by atoms with Gasteiger partial charge in [0.2, 0.25) is 0 Å². The molecule has 0 spiro atoms. The molecule has 1 atom stereocenters. The third kappa shape index (κ3) is 4.46. The largest absolute Gasteiger partial charge is 0.451 e. The van der Waals surface area contributed by atoms with Gasteiger partial charge in [0.15, 0.2) is 6.61 Å². The molecule has 0 fully saturated rings. The Morgan fingerprint density at radius 1 is 1.35 bits per heavy atom. The van der Waals surface area contributed by atoms with Crippen LogP contribution in [0.2, 0.25) is 0 Å². The lowest BCUT2D eigenvalue weighted by molar-refractivity contribution is -0.125. The van der Waals surface area contributed by atoms with Crippen molar-refractivity contribution in [3.8, 4) is 16.6 Å². The molecule has 1 aromatic carbocycles. The van der Waals surface area contributed by atoms with Gasteiger partial charge in [-0.3, -0.25) is 4.79 Å². The number of carbonyl (C=O) groups is 2. The molecule has 6 nitrogen and oxygen atoms in total. The first kappa shape index (κ1) is 19.6. The second-order valence-corrected chi connectivity index (χ2v) is 7.39. The van der Waals surface area contributed by atoms with Gasteiger partial charge >= 0.3 is 5.97 Å². The zero-order valence-corrected chi connectivity index (χ0v) is 16.0. The van der Waals surface area contributed by atoms with Gasteiger partial charge in [-0.1, -0.05) is 44.2 Å². The molecule has 0 saturated heterocycles. The number of nitrogens with zero attached hydrogens (tertiary/aromatic N) is 2. The van der Waals surface area contributed by atoms with Gasteiger partial charge in [-0.2, -0.15) is 5.26 Å². The summed E-state index contributed by atoms with van der Waals surface area (Å²) in [6, 6.07) is 11.6. The predicted octanol–water partition coefficient (Wildman–Crippen LogP) is 3.33. The number of benzene rings is 1. The highest BCUT2D eigenvalue weighted by Gasteiger charge is 2.30. The van der Waals surface area contributed by atoms with E-state index in [1.807, 2.05) is 44.2 Å². The summed E-state index contributed by atoms with van der Waals surface area (Å²) >= 11 is 1.23. The number of aryl methyl sites for hydroxylation is 1. The maximum atomic E-state index is 12.3. The van der Waals surface area contributed by atoms with Crippen molar-refractivity contribution in [1.29, 1.82) is 5.26 Å². The summed E-state index contributed by atoms with van der Waals surface area (Å²) in [5.74, 6) is -1.19. The third-order valence-corrected chi connectivity index (χ3v) is 5.31. The molecule has 0 radical (unpaired) electrons. The van der Waals surface area contributed by atoms with Gasteiger partial charge < -0.3 is 10.1 Å². The van der Waals surface area contributed by atoms with Gasteiger partial charge in [-0.15, -0.1) is 11.3 Å². The van der Waals surface area contributed by atoms with Crippen molar-refractivity contribution in [2.24, 2.45) is 5.92 Å². The molecule has 0 aliphatic rings. The number of nitriles is 1. The zero-order valence-electron chi connectivity index (χ0n) is 15.2. The molecule has 1 N–H and O–H groups in total. The summed E-state index contributed by atoms with van der Waals surface area (Å²) in [4.78, 5) is 29.1. The minimum absolute atomic E-state index is 0.0793. The van der Waals surface area contributed by atoms with Crippen LogP contribution in [-0.4, -0.2) is 29.0 Å². The van der Waals surface area contributed by atoms with Crippen molar-refractivity contribution in [2.75, 3.05) is 6.61 Å². The number of hydrogen-bond donors (Lipinski definition) is 1. The second kappa shape index (κ2) is 8.11. The first-order chi connectivity index (χ1) is 12.3. The van der Waals surface area contributed by atoms with Crippen LogP contribution in [0.1, 0.15) is 36.1 Å². The number of hydrogen-bond acceptors (Lipinski definition) is 6. The van der Waals surface area contributed by atoms with Crippen molar-refractivity contribution in [3.63, 3.8) is 0 Å². The number of carbonyl (C=O) groups excluding carboxylic acids is 2. The topological polar surface area (TPSA) is 92.1 Å². The van der Waals surface area contributed by atoms with Crippen molar-refractivity contribution in [3.05, 3.63) is 40.9 Å². The first-order valence-electron chi connectivity index (χ1n) is 8.19. The Bertz CT molecular complexity index is 839. The Kier molecular flexibility index (Phi) is 6.11. The average Bonchev–Trinajstić information content (AvgIpc) is 3.02. The summed E-state index contributed by atoms with van der Waals surface area (Å²) in [6.45, 7) is 6.59. The van der Waals surface area contributed by atoms with Crippen LogP contribution in [0.3, 0.4) is 0 Å². The van der Waals surface area contributed by atoms with Crippen LogP contribution in [-0.2, 0) is 9.53 Å². The van der Waals surface area contributed by atoms with E-state index in [0.717, 1.165) is 10.6 Å². The first-order valence-corrected chi connectivity index (χ1v) is 9.00. The van der Waals surface area contributed by atoms with Crippen LogP contribution in [0.4, 0.5) is 0 Å². The maximum absolute atomic E-state index is 12.3. The highest BCUT2D eigenvalue weighted by molar-refractivity contribution is 7.17. The highest BCUT2D eigenvalue weighted by Crippen LogP contribution is 2.28. The zero-order chi connectivity index (χ0) is 19.3. The van der Waals surface area contributed by atoms with Crippen LogP contribution in [0.5, 0.6) is 0 Å². The molecule has 2 rings (SSSR count). The van der Waals surface area contributed by atoms with Gasteiger partial charge in [0.25, 0.3) is 5.91 Å². The molecule has 7 heteroatoms. The van der Waals surface area contributed by atoms with Crippen molar-refractivity contribution >= 4 is 23.2 Å². The quantitative estimate of drug-likeness (QED) is 0.786. The molecule has 0 saturated carbocycles. The van der Waals surface area contributed by atoms with Gasteiger partial charge in [0, 0.05) is 5.56 Å². The normalized spacial score (nSPS) is 12.9. The molecule has 0 bridgehead atoms. The standard InChI is InChI=1S/C19H21N3O3S/c1-12(2)19(4,11-20)22-15(23)10-25-18(24)16-13(3)21-17(26-16)14-8-6-5-7-9-14/h5-9,12H,10H2,1-4H3,(H,22,23)/t19-/m1/s1. The van der Waals surface area contributed by atoms with E-state index in [0.29, 0.717) is 10.6 Å². The monoisotopic (exact) mass is 371 g/mol. The molecular formula is C19H21N3O3S. The Labute approximate surface area is 156 Å². The Morgan fingerprint density at radius 3 is 2.58 bits per heavy atom. The van der Waals surface area contributed by atoms with Crippen LogP contribution < -0.4 is 5.32 Å². The fraction of sp³-hybridized carbons (Fsp3) is 0.368. The van der Waals surface area contributed by atoms with E-state index < -0.39 is 24.0 Å². The molecule has 26 heavy (non-hydrogen) atoms. The lowest BCUT2D eigenvalue weighted by Gasteiger charge is -2.27. The second-order valence-electron chi connectivity index (χ2n) is 6.39. The van der Waals surface area contributed by atoms with E-state index in [1.54, 1.807) is 13.8 Å². The predicted molar refractivity (Wildman–Crippen MR) is 99.6 cm³/mol. The number of aromatic nitrogens is 1. The van der Waals surface area contributed by atoms with Gasteiger partial charge in [0.05, 0.1) is 11.8 Å². The van der Waals surface area contributed by atoms with E-state index in [4.69, 9.17) is 4.74 Å². The van der Waals surface area contributed by atoms with Crippen molar-refractivity contribution in [1.82, 2.24) is 10.3 Å². The summed E-state index contributed by atoms with van der Waals surface area (Å²) in [5.41, 5.74) is 0.465. The van der Waals surface area contributed by atoms with E-state index >= 15 is 0 Å². The van der Waals surface area contributed by atoms with Gasteiger partial charge in [-0.05, 0) is 19.8 Å². The van der Waals surface area contributed by atoms with E-state index in [-0.39, 0.29) is 5.92 Å². The Morgan fingerprint density at radius 2 is 2.00 bits per heavy atom. The average molecular weight is 371 g/mol. The smallest absolute Gasteiger partial charge is 0.350 e. The molecule has 1 heterocycles. The molecule has 0 unspecified atom stereocenters. The van der Waals surface area contributed by atoms with Crippen molar-refractivity contribution in [2.45, 2.75) is 33.2 Å². The maximum Gasteiger partial charge on any atom is 0.350 e. The molecule has 1 aromatic heterocycles. The molecular weight excluding hydrogens is 350 g/mol. The van der Waals surface area contributed by atoms with Crippen LogP contribution >= 0.6 is 11.3 Å². The van der Waals surface area contributed by atoms with Crippen LogP contribution in [0.25, 0.3) is 10.6 Å². The molecule has 2 aromatic rings. The third-order valence-electron chi connectivity index (χ3n) is 4.12. The fourth-order valence-corrected chi connectivity index (χ4v) is 3.08. The minimum atomic E-state index is -1.01. The van der Waals surface area contributed by atoms with E-state index in [2.05, 4.69) is 16.4 Å². The van der Waals surface area contributed by atoms with E-state index in [1.165, 1.54) is 11.3 Å². The number of amides is 1. The SMILES string of the molecule is Cc1nc(-c2ccccc2)sc1C(=O)OCC(=O)N[C@](C)(C#N)C(C)C. The number of esters is 1. The van der Waals surface area contributed by atoms with Crippen LogP contribution in [0, 0.1) is 24.2 Å². The summed E-state index contributed by atoms with van der Waals surface area (Å²) in [7, 11) is 0. The fourth-order valence-electron chi connectivity index (χ4n) is 2.11. The number of nitrogens with one attached hydrogen (secondary N) is 1. The highest BCUT2D eigenvalue weighted by atomic mass is 32.1. The lowest BCUT2D eigenvalue weighted by Crippen LogP contribution is -2.50. The lowest BCUT2D eigenvalue weighted by atomic mass is 9.90. The summed E-state index contributed by atoms with van der Waals surface area (Å²) in [6.07, 6.45) is 0. The summed E-state index contributed by atoms with van der Waals surface area (Å²) < 4.78 is 5.10. The minimum Gasteiger partial charge on any atom is -0.451 e. The Hall–Kier alpha value is -2.72. The molecule has 136 valence electrons. The van der Waals surface area contributed by atoms with E-state index in [9.17, 15) is 14.9 Å². The Balaban J connectivity index is 2.02. The van der Waals surface area contributed by atoms with Gasteiger partial charge in [-0.25, -0.2) is 9.78 Å². The molecule has 0 aliphatic carbocycles.